The van der Waals surface area contributed by atoms with Gasteiger partial charge in [0.1, 0.15) is 0 Å². The van der Waals surface area contributed by atoms with Gasteiger partial charge in [-0.05, 0) is 43.9 Å². The Bertz CT molecular complexity index is 523. The minimum atomic E-state index is -3.12. The molecule has 0 aromatic heterocycles. The predicted octanol–water partition coefficient (Wildman–Crippen LogP) is 2.91. The van der Waals surface area contributed by atoms with Gasteiger partial charge >= 0.3 is 0 Å². The van der Waals surface area contributed by atoms with Crippen molar-refractivity contribution < 1.29 is 8.42 Å². The Morgan fingerprint density at radius 3 is 2.37 bits per heavy atom. The fourth-order valence-electron chi connectivity index (χ4n) is 2.00. The summed E-state index contributed by atoms with van der Waals surface area (Å²) >= 11 is 0. The van der Waals surface area contributed by atoms with E-state index in [1.807, 2.05) is 39.0 Å². The van der Waals surface area contributed by atoms with Crippen molar-refractivity contribution in [1.82, 2.24) is 0 Å². The quantitative estimate of drug-likeness (QED) is 0.873. The molecule has 1 aromatic rings. The second kappa shape index (κ2) is 6.53. The van der Waals surface area contributed by atoms with Crippen molar-refractivity contribution in [3.63, 3.8) is 0 Å². The third kappa shape index (κ3) is 4.05. The van der Waals surface area contributed by atoms with Gasteiger partial charge in [0, 0.05) is 6.04 Å². The van der Waals surface area contributed by atoms with Crippen molar-refractivity contribution in [2.75, 3.05) is 5.75 Å². The maximum absolute atomic E-state index is 12.2. The Balaban J connectivity index is 2.92. The topological polar surface area (TPSA) is 60.2 Å². The van der Waals surface area contributed by atoms with Gasteiger partial charge in [-0.1, -0.05) is 31.5 Å². The lowest BCUT2D eigenvalue weighted by Crippen LogP contribution is -2.32. The molecule has 0 aliphatic heterocycles. The average Bonchev–Trinajstić information content (AvgIpc) is 2.38. The van der Waals surface area contributed by atoms with E-state index in [1.54, 1.807) is 6.92 Å². The monoisotopic (exact) mass is 283 g/mol. The average molecular weight is 283 g/mol. The van der Waals surface area contributed by atoms with Gasteiger partial charge in [0.25, 0.3) is 0 Å². The maximum Gasteiger partial charge on any atom is 0.154 e. The van der Waals surface area contributed by atoms with Crippen LogP contribution >= 0.6 is 0 Å². The molecule has 0 spiro atoms. The van der Waals surface area contributed by atoms with Gasteiger partial charge in [0.2, 0.25) is 0 Å². The lowest BCUT2D eigenvalue weighted by Gasteiger charge is -2.21. The molecule has 1 rings (SSSR count). The highest BCUT2D eigenvalue weighted by Crippen LogP contribution is 2.23. The van der Waals surface area contributed by atoms with E-state index in [-0.39, 0.29) is 5.75 Å². The number of unbranched alkanes of at least 4 members (excludes halogenated alkanes) is 1. The van der Waals surface area contributed by atoms with E-state index in [0.717, 1.165) is 17.5 Å². The van der Waals surface area contributed by atoms with Gasteiger partial charge in [-0.15, -0.1) is 0 Å². The van der Waals surface area contributed by atoms with Crippen molar-refractivity contribution in [3.05, 3.63) is 34.9 Å². The Hall–Kier alpha value is -0.870. The molecule has 0 aliphatic carbocycles. The summed E-state index contributed by atoms with van der Waals surface area (Å²) in [5.41, 5.74) is 9.37. The number of benzene rings is 1. The number of hydrogen-bond acceptors (Lipinski definition) is 3. The second-order valence-electron chi connectivity index (χ2n) is 5.30. The summed E-state index contributed by atoms with van der Waals surface area (Å²) < 4.78 is 24.4. The van der Waals surface area contributed by atoms with E-state index in [1.165, 1.54) is 5.56 Å². The number of aryl methyl sites for hydroxylation is 2. The Labute approximate surface area is 117 Å². The van der Waals surface area contributed by atoms with E-state index in [4.69, 9.17) is 5.73 Å². The highest BCUT2D eigenvalue weighted by atomic mass is 32.2. The van der Waals surface area contributed by atoms with Gasteiger partial charge < -0.3 is 5.73 Å². The van der Waals surface area contributed by atoms with Gasteiger partial charge in [-0.3, -0.25) is 0 Å². The van der Waals surface area contributed by atoms with Crippen LogP contribution in [0.15, 0.2) is 18.2 Å². The Kier molecular flexibility index (Phi) is 5.56. The summed E-state index contributed by atoms with van der Waals surface area (Å²) in [6.45, 7) is 7.75. The molecular weight excluding hydrogens is 258 g/mol. The van der Waals surface area contributed by atoms with Gasteiger partial charge in [0.15, 0.2) is 9.84 Å². The molecule has 0 saturated carbocycles. The van der Waals surface area contributed by atoms with Gasteiger partial charge in [-0.2, -0.15) is 0 Å². The Morgan fingerprint density at radius 2 is 1.84 bits per heavy atom. The molecule has 2 atom stereocenters. The zero-order valence-electron chi connectivity index (χ0n) is 12.3. The molecule has 19 heavy (non-hydrogen) atoms. The van der Waals surface area contributed by atoms with Crippen molar-refractivity contribution in [2.45, 2.75) is 51.8 Å². The van der Waals surface area contributed by atoms with Crippen LogP contribution in [0.25, 0.3) is 0 Å². The summed E-state index contributed by atoms with van der Waals surface area (Å²) in [4.78, 5) is 0. The molecule has 108 valence electrons. The van der Waals surface area contributed by atoms with Crippen LogP contribution in [0.2, 0.25) is 0 Å². The highest BCUT2D eigenvalue weighted by Gasteiger charge is 2.27. The zero-order valence-corrected chi connectivity index (χ0v) is 13.1. The van der Waals surface area contributed by atoms with Crippen molar-refractivity contribution in [2.24, 2.45) is 5.73 Å². The first-order valence-electron chi connectivity index (χ1n) is 6.84. The molecule has 0 saturated heterocycles. The molecule has 0 bridgehead atoms. The summed E-state index contributed by atoms with van der Waals surface area (Å²) in [7, 11) is -3.12. The molecule has 2 N–H and O–H groups in total. The molecular formula is C15H25NO2S. The van der Waals surface area contributed by atoms with Crippen LogP contribution in [0.1, 0.15) is 49.4 Å². The lowest BCUT2D eigenvalue weighted by molar-refractivity contribution is 0.561. The summed E-state index contributed by atoms with van der Waals surface area (Å²) in [5.74, 6) is 0.225. The van der Waals surface area contributed by atoms with E-state index >= 15 is 0 Å². The molecule has 0 heterocycles. The molecule has 2 unspecified atom stereocenters. The minimum Gasteiger partial charge on any atom is -0.323 e. The molecule has 0 fully saturated rings. The SMILES string of the molecule is CCCCS(=O)(=O)C(C)C(N)c1ccc(C)c(C)c1. The highest BCUT2D eigenvalue weighted by molar-refractivity contribution is 7.92. The Morgan fingerprint density at radius 1 is 1.21 bits per heavy atom. The van der Waals surface area contributed by atoms with Crippen molar-refractivity contribution >= 4 is 9.84 Å². The van der Waals surface area contributed by atoms with Crippen LogP contribution in [0.5, 0.6) is 0 Å². The van der Waals surface area contributed by atoms with Crippen molar-refractivity contribution in [1.29, 1.82) is 0 Å². The van der Waals surface area contributed by atoms with Crippen LogP contribution < -0.4 is 5.73 Å². The van der Waals surface area contributed by atoms with E-state index in [2.05, 4.69) is 0 Å². The third-order valence-electron chi connectivity index (χ3n) is 3.77. The lowest BCUT2D eigenvalue weighted by atomic mass is 10.00. The smallest absolute Gasteiger partial charge is 0.154 e. The first-order chi connectivity index (χ1) is 8.79. The van der Waals surface area contributed by atoms with Crippen LogP contribution in [-0.2, 0) is 9.84 Å². The second-order valence-corrected chi connectivity index (χ2v) is 7.77. The van der Waals surface area contributed by atoms with Crippen LogP contribution in [0, 0.1) is 13.8 Å². The molecule has 0 amide bonds. The largest absolute Gasteiger partial charge is 0.323 e. The first kappa shape index (κ1) is 16.2. The van der Waals surface area contributed by atoms with E-state index in [0.29, 0.717) is 6.42 Å². The number of hydrogen-bond donors (Lipinski definition) is 1. The third-order valence-corrected chi connectivity index (χ3v) is 6.05. The normalized spacial score (nSPS) is 15.2. The molecule has 3 nitrogen and oxygen atoms in total. The molecule has 0 aliphatic rings. The van der Waals surface area contributed by atoms with E-state index < -0.39 is 21.1 Å². The fourth-order valence-corrected chi connectivity index (χ4v) is 3.66. The van der Waals surface area contributed by atoms with Crippen LogP contribution in [0.4, 0.5) is 0 Å². The fraction of sp³-hybridized carbons (Fsp3) is 0.600. The molecule has 4 heteroatoms. The van der Waals surface area contributed by atoms with Gasteiger partial charge in [0.05, 0.1) is 11.0 Å². The van der Waals surface area contributed by atoms with Crippen molar-refractivity contribution in [3.8, 4) is 0 Å². The number of sulfone groups is 1. The minimum absolute atomic E-state index is 0.225. The van der Waals surface area contributed by atoms with Crippen LogP contribution in [-0.4, -0.2) is 19.4 Å². The summed E-state index contributed by atoms with van der Waals surface area (Å²) in [6, 6.07) is 5.46. The summed E-state index contributed by atoms with van der Waals surface area (Å²) in [6.07, 6.45) is 1.58. The summed E-state index contributed by atoms with van der Waals surface area (Å²) in [5, 5.41) is -0.541. The zero-order chi connectivity index (χ0) is 14.6. The predicted molar refractivity (Wildman–Crippen MR) is 81.0 cm³/mol. The van der Waals surface area contributed by atoms with Crippen LogP contribution in [0.3, 0.4) is 0 Å². The molecule has 0 radical (unpaired) electrons. The standard InChI is InChI=1S/C15H25NO2S/c1-5-6-9-19(17,18)13(4)15(16)14-8-7-11(2)12(3)10-14/h7-8,10,13,15H,5-6,9,16H2,1-4H3. The molecule has 1 aromatic carbocycles. The maximum atomic E-state index is 12.2. The van der Waals surface area contributed by atoms with Gasteiger partial charge in [-0.25, -0.2) is 8.42 Å². The number of nitrogens with two attached hydrogens (primary N) is 1. The first-order valence-corrected chi connectivity index (χ1v) is 8.55. The number of rotatable bonds is 6. The van der Waals surface area contributed by atoms with E-state index in [9.17, 15) is 8.42 Å².